The zero-order valence-electron chi connectivity index (χ0n) is 15.8. The number of benzene rings is 2. The Morgan fingerprint density at radius 3 is 2.46 bits per heavy atom. The van der Waals surface area contributed by atoms with Gasteiger partial charge in [-0.1, -0.05) is 30.3 Å². The third-order valence-electron chi connectivity index (χ3n) is 4.15. The van der Waals surface area contributed by atoms with Gasteiger partial charge in [-0.3, -0.25) is 4.79 Å². The predicted octanol–water partition coefficient (Wildman–Crippen LogP) is 3.40. The Labute approximate surface area is 163 Å². The van der Waals surface area contributed by atoms with Crippen LogP contribution in [0.5, 0.6) is 11.5 Å². The van der Waals surface area contributed by atoms with Gasteiger partial charge in [0.05, 0.1) is 19.9 Å². The number of amides is 1. The molecule has 0 radical (unpaired) electrons. The minimum absolute atomic E-state index is 0.265. The lowest BCUT2D eigenvalue weighted by atomic mass is 10.1. The molecule has 0 spiro atoms. The van der Waals surface area contributed by atoms with Gasteiger partial charge in [-0.2, -0.15) is 0 Å². The molecule has 2 aromatic carbocycles. The van der Waals surface area contributed by atoms with Crippen LogP contribution in [0, 0.1) is 0 Å². The summed E-state index contributed by atoms with van der Waals surface area (Å²) in [6, 6.07) is 16.7. The molecule has 1 heterocycles. The highest BCUT2D eigenvalue weighted by Gasteiger charge is 2.12. The first-order valence-corrected chi connectivity index (χ1v) is 8.83. The summed E-state index contributed by atoms with van der Waals surface area (Å²) in [5, 5.41) is 6.02. The first kappa shape index (κ1) is 19.2. The number of hydrogen-bond donors (Lipinski definition) is 2. The van der Waals surface area contributed by atoms with E-state index in [4.69, 9.17) is 9.47 Å². The van der Waals surface area contributed by atoms with Crippen molar-refractivity contribution in [1.82, 2.24) is 9.97 Å². The first-order chi connectivity index (χ1) is 13.7. The van der Waals surface area contributed by atoms with Crippen LogP contribution < -0.4 is 20.1 Å². The molecule has 28 heavy (non-hydrogen) atoms. The number of ether oxygens (including phenoxy) is 2. The van der Waals surface area contributed by atoms with Gasteiger partial charge in [0.15, 0.2) is 0 Å². The van der Waals surface area contributed by atoms with Crippen LogP contribution in [0.4, 0.5) is 11.5 Å². The van der Waals surface area contributed by atoms with Crippen LogP contribution in [-0.4, -0.2) is 36.6 Å². The van der Waals surface area contributed by atoms with E-state index in [2.05, 4.69) is 20.6 Å². The van der Waals surface area contributed by atoms with Gasteiger partial charge in [-0.25, -0.2) is 9.97 Å². The monoisotopic (exact) mass is 378 g/mol. The molecule has 0 bridgehead atoms. The fourth-order valence-corrected chi connectivity index (χ4v) is 2.75. The molecule has 0 saturated carbocycles. The van der Waals surface area contributed by atoms with E-state index in [-0.39, 0.29) is 11.6 Å². The molecule has 0 aliphatic rings. The van der Waals surface area contributed by atoms with E-state index < -0.39 is 0 Å². The molecule has 1 aromatic heterocycles. The van der Waals surface area contributed by atoms with Crippen molar-refractivity contribution in [2.45, 2.75) is 6.42 Å². The second kappa shape index (κ2) is 9.36. The Balaban J connectivity index is 1.62. The van der Waals surface area contributed by atoms with Gasteiger partial charge in [0, 0.05) is 12.6 Å². The fourth-order valence-electron chi connectivity index (χ4n) is 2.75. The van der Waals surface area contributed by atoms with E-state index in [1.54, 1.807) is 32.4 Å². The molecule has 3 rings (SSSR count). The lowest BCUT2D eigenvalue weighted by Gasteiger charge is -2.11. The summed E-state index contributed by atoms with van der Waals surface area (Å²) in [6.07, 6.45) is 2.12. The van der Waals surface area contributed by atoms with Crippen molar-refractivity contribution in [3.63, 3.8) is 0 Å². The third-order valence-corrected chi connectivity index (χ3v) is 4.15. The number of aromatic nitrogens is 2. The maximum absolute atomic E-state index is 12.5. The lowest BCUT2D eigenvalue weighted by molar-refractivity contribution is 0.102. The van der Waals surface area contributed by atoms with Gasteiger partial charge >= 0.3 is 0 Å². The van der Waals surface area contributed by atoms with Gasteiger partial charge in [0.25, 0.3) is 5.91 Å². The normalized spacial score (nSPS) is 10.2. The van der Waals surface area contributed by atoms with Crippen LogP contribution in [0.3, 0.4) is 0 Å². The minimum atomic E-state index is -0.334. The van der Waals surface area contributed by atoms with Gasteiger partial charge < -0.3 is 20.1 Å². The first-order valence-electron chi connectivity index (χ1n) is 8.83. The molecule has 0 aliphatic carbocycles. The summed E-state index contributed by atoms with van der Waals surface area (Å²) < 4.78 is 10.6. The van der Waals surface area contributed by atoms with Crippen LogP contribution in [0.15, 0.2) is 60.9 Å². The summed E-state index contributed by atoms with van der Waals surface area (Å²) in [5.74, 6) is 1.68. The van der Waals surface area contributed by atoms with Crippen molar-refractivity contribution >= 4 is 17.4 Å². The maximum atomic E-state index is 12.5. The van der Waals surface area contributed by atoms with Gasteiger partial charge in [-0.15, -0.1) is 0 Å². The highest BCUT2D eigenvalue weighted by molar-refractivity contribution is 6.04. The Morgan fingerprint density at radius 1 is 0.964 bits per heavy atom. The standard InChI is InChI=1S/C21H22N4O3/c1-27-18-9-5-3-7-15(18)11-12-22-20-13-17(23-14-24-20)21(26)25-16-8-4-6-10-19(16)28-2/h3-10,13-14H,11-12H2,1-2H3,(H,25,26)(H,22,23,24). The quantitative estimate of drug-likeness (QED) is 0.625. The van der Waals surface area contributed by atoms with Gasteiger partial charge in [0.2, 0.25) is 0 Å². The smallest absolute Gasteiger partial charge is 0.274 e. The summed E-state index contributed by atoms with van der Waals surface area (Å²) in [5.41, 5.74) is 1.95. The summed E-state index contributed by atoms with van der Waals surface area (Å²) in [7, 11) is 3.21. The molecule has 0 aliphatic heterocycles. The van der Waals surface area contributed by atoms with Crippen LogP contribution in [0.2, 0.25) is 0 Å². The van der Waals surface area contributed by atoms with Crippen molar-refractivity contribution in [2.75, 3.05) is 31.4 Å². The molecule has 0 unspecified atom stereocenters. The summed E-state index contributed by atoms with van der Waals surface area (Å²) in [4.78, 5) is 20.8. The minimum Gasteiger partial charge on any atom is -0.496 e. The van der Waals surface area contributed by atoms with Crippen molar-refractivity contribution in [2.24, 2.45) is 0 Å². The number of anilines is 2. The Bertz CT molecular complexity index is 946. The summed E-state index contributed by atoms with van der Waals surface area (Å²) >= 11 is 0. The molecule has 7 nitrogen and oxygen atoms in total. The number of para-hydroxylation sites is 3. The fraction of sp³-hybridized carbons (Fsp3) is 0.190. The Kier molecular flexibility index (Phi) is 6.41. The van der Waals surface area contributed by atoms with E-state index in [0.29, 0.717) is 23.8 Å². The van der Waals surface area contributed by atoms with Crippen LogP contribution in [-0.2, 0) is 6.42 Å². The van der Waals surface area contributed by atoms with E-state index in [0.717, 1.165) is 17.7 Å². The molecule has 0 atom stereocenters. The molecule has 0 fully saturated rings. The number of carbonyl (C=O) groups is 1. The largest absolute Gasteiger partial charge is 0.496 e. The van der Waals surface area contributed by atoms with E-state index in [9.17, 15) is 4.79 Å². The average molecular weight is 378 g/mol. The van der Waals surface area contributed by atoms with E-state index >= 15 is 0 Å². The maximum Gasteiger partial charge on any atom is 0.274 e. The molecule has 7 heteroatoms. The number of rotatable bonds is 8. The van der Waals surface area contributed by atoms with Crippen LogP contribution in [0.1, 0.15) is 16.1 Å². The summed E-state index contributed by atoms with van der Waals surface area (Å²) in [6.45, 7) is 0.644. The number of methoxy groups -OCH3 is 2. The zero-order valence-corrected chi connectivity index (χ0v) is 15.8. The molecular formula is C21H22N4O3. The van der Waals surface area contributed by atoms with Crippen LogP contribution >= 0.6 is 0 Å². The average Bonchev–Trinajstić information content (AvgIpc) is 2.74. The number of hydrogen-bond acceptors (Lipinski definition) is 6. The second-order valence-corrected chi connectivity index (χ2v) is 5.93. The highest BCUT2D eigenvalue weighted by Crippen LogP contribution is 2.23. The Morgan fingerprint density at radius 2 is 1.68 bits per heavy atom. The molecular weight excluding hydrogens is 356 g/mol. The number of nitrogens with zero attached hydrogens (tertiary/aromatic N) is 2. The van der Waals surface area contributed by atoms with Crippen molar-refractivity contribution < 1.29 is 14.3 Å². The second-order valence-electron chi connectivity index (χ2n) is 5.93. The molecule has 0 saturated heterocycles. The number of carbonyl (C=O) groups excluding carboxylic acids is 1. The lowest BCUT2D eigenvalue weighted by Crippen LogP contribution is -2.15. The molecule has 3 aromatic rings. The predicted molar refractivity (Wildman–Crippen MR) is 108 cm³/mol. The topological polar surface area (TPSA) is 85.4 Å². The van der Waals surface area contributed by atoms with Crippen molar-refractivity contribution in [1.29, 1.82) is 0 Å². The van der Waals surface area contributed by atoms with Crippen molar-refractivity contribution in [3.8, 4) is 11.5 Å². The van der Waals surface area contributed by atoms with E-state index in [1.807, 2.05) is 36.4 Å². The Hall–Kier alpha value is -3.61. The van der Waals surface area contributed by atoms with Crippen LogP contribution in [0.25, 0.3) is 0 Å². The highest BCUT2D eigenvalue weighted by atomic mass is 16.5. The molecule has 144 valence electrons. The van der Waals surface area contributed by atoms with Crippen molar-refractivity contribution in [3.05, 3.63) is 72.2 Å². The van der Waals surface area contributed by atoms with E-state index in [1.165, 1.54) is 6.33 Å². The SMILES string of the molecule is COc1ccccc1CCNc1cc(C(=O)Nc2ccccc2OC)ncn1. The molecule has 2 N–H and O–H groups in total. The third kappa shape index (κ3) is 4.76. The zero-order chi connectivity index (χ0) is 19.8. The van der Waals surface area contributed by atoms with Gasteiger partial charge in [0.1, 0.15) is 29.3 Å². The number of nitrogens with one attached hydrogen (secondary N) is 2. The molecule has 1 amide bonds. The van der Waals surface area contributed by atoms with Gasteiger partial charge in [-0.05, 0) is 30.2 Å².